The zero-order chi connectivity index (χ0) is 19.6. The fourth-order valence-electron chi connectivity index (χ4n) is 3.08. The van der Waals surface area contributed by atoms with Crippen molar-refractivity contribution < 1.29 is 14.2 Å². The molecule has 0 spiro atoms. The molecule has 1 atom stereocenters. The third-order valence-electron chi connectivity index (χ3n) is 4.43. The van der Waals surface area contributed by atoms with E-state index in [0.717, 1.165) is 22.6 Å². The van der Waals surface area contributed by atoms with E-state index in [2.05, 4.69) is 5.10 Å². The molecule has 0 aliphatic carbocycles. The molecule has 2 aromatic carbocycles. The first-order valence-corrected chi connectivity index (χ1v) is 8.99. The van der Waals surface area contributed by atoms with E-state index in [-0.39, 0.29) is 11.2 Å². The van der Waals surface area contributed by atoms with E-state index in [1.54, 1.807) is 26.3 Å². The molecule has 27 heavy (non-hydrogen) atoms. The maximum Gasteiger partial charge on any atom is 0.187 e. The summed E-state index contributed by atoms with van der Waals surface area (Å²) >= 11 is 11.8. The summed E-state index contributed by atoms with van der Waals surface area (Å²) in [5, 5.41) is 6.86. The Bertz CT molecular complexity index is 887. The second-order valence-electron chi connectivity index (χ2n) is 5.88. The number of halogens is 1. The van der Waals surface area contributed by atoms with E-state index in [0.29, 0.717) is 22.9 Å². The highest BCUT2D eigenvalue weighted by atomic mass is 35.5. The Morgan fingerprint density at radius 1 is 1.11 bits per heavy atom. The van der Waals surface area contributed by atoms with Crippen molar-refractivity contribution in [1.82, 2.24) is 5.01 Å². The van der Waals surface area contributed by atoms with Crippen LogP contribution in [0.2, 0.25) is 5.02 Å². The molecular formula is C19H20ClN3O3S. The van der Waals surface area contributed by atoms with Crippen LogP contribution in [0.4, 0.5) is 0 Å². The molecule has 0 saturated carbocycles. The maximum atomic E-state index is 6.59. The van der Waals surface area contributed by atoms with E-state index < -0.39 is 0 Å². The Morgan fingerprint density at radius 2 is 1.81 bits per heavy atom. The van der Waals surface area contributed by atoms with Crippen LogP contribution in [-0.4, -0.2) is 37.2 Å². The van der Waals surface area contributed by atoms with Gasteiger partial charge in [0.05, 0.1) is 38.1 Å². The molecule has 0 aromatic heterocycles. The molecule has 8 heteroatoms. The highest BCUT2D eigenvalue weighted by molar-refractivity contribution is 7.80. The van der Waals surface area contributed by atoms with Gasteiger partial charge >= 0.3 is 0 Å². The number of thiocarbonyl (C=S) groups is 1. The van der Waals surface area contributed by atoms with E-state index in [9.17, 15) is 0 Å². The van der Waals surface area contributed by atoms with E-state index >= 15 is 0 Å². The average Bonchev–Trinajstić information content (AvgIpc) is 3.13. The van der Waals surface area contributed by atoms with Gasteiger partial charge in [0.1, 0.15) is 5.75 Å². The second kappa shape index (κ2) is 8.02. The molecule has 3 rings (SSSR count). The van der Waals surface area contributed by atoms with Gasteiger partial charge in [0.15, 0.2) is 16.6 Å². The highest BCUT2D eigenvalue weighted by Crippen LogP contribution is 2.43. The first-order valence-electron chi connectivity index (χ1n) is 8.21. The molecule has 0 bridgehead atoms. The number of methoxy groups -OCH3 is 3. The lowest BCUT2D eigenvalue weighted by molar-refractivity contribution is 0.348. The number of hydrogen-bond donors (Lipinski definition) is 1. The molecule has 1 unspecified atom stereocenters. The smallest absolute Gasteiger partial charge is 0.187 e. The SMILES string of the molecule is COc1ccc(C2=NN(C(N)=S)C(c3ccc(OC)c(OC)c3Cl)C2)cc1. The Hall–Kier alpha value is -2.51. The van der Waals surface area contributed by atoms with Gasteiger partial charge in [0.2, 0.25) is 0 Å². The van der Waals surface area contributed by atoms with Gasteiger partial charge in [0.25, 0.3) is 0 Å². The Morgan fingerprint density at radius 3 is 2.37 bits per heavy atom. The average molecular weight is 406 g/mol. The lowest BCUT2D eigenvalue weighted by Crippen LogP contribution is -2.31. The van der Waals surface area contributed by atoms with Crippen LogP contribution in [0.15, 0.2) is 41.5 Å². The van der Waals surface area contributed by atoms with Crippen molar-refractivity contribution in [3.05, 3.63) is 52.5 Å². The van der Waals surface area contributed by atoms with E-state index in [4.69, 9.17) is 43.8 Å². The van der Waals surface area contributed by atoms with Gasteiger partial charge in [-0.1, -0.05) is 17.7 Å². The molecule has 1 aliphatic heterocycles. The zero-order valence-corrected chi connectivity index (χ0v) is 16.8. The van der Waals surface area contributed by atoms with Gasteiger partial charge < -0.3 is 19.9 Å². The summed E-state index contributed by atoms with van der Waals surface area (Å²) in [5.74, 6) is 1.81. The first-order chi connectivity index (χ1) is 13.0. The molecule has 2 N–H and O–H groups in total. The lowest BCUT2D eigenvalue weighted by Gasteiger charge is -2.24. The van der Waals surface area contributed by atoms with Crippen LogP contribution in [0.3, 0.4) is 0 Å². The third-order valence-corrected chi connectivity index (χ3v) is 5.01. The predicted molar refractivity (Wildman–Crippen MR) is 110 cm³/mol. The molecule has 1 heterocycles. The Kier molecular flexibility index (Phi) is 5.72. The van der Waals surface area contributed by atoms with Crippen LogP contribution in [-0.2, 0) is 0 Å². The molecular weight excluding hydrogens is 386 g/mol. The fraction of sp³-hybridized carbons (Fsp3) is 0.263. The van der Waals surface area contributed by atoms with Gasteiger partial charge in [-0.25, -0.2) is 5.01 Å². The number of rotatable bonds is 5. The van der Waals surface area contributed by atoms with Crippen LogP contribution in [0.25, 0.3) is 0 Å². The summed E-state index contributed by atoms with van der Waals surface area (Å²) in [6.45, 7) is 0. The van der Waals surface area contributed by atoms with Crippen molar-refractivity contribution in [1.29, 1.82) is 0 Å². The lowest BCUT2D eigenvalue weighted by atomic mass is 9.98. The zero-order valence-electron chi connectivity index (χ0n) is 15.2. The summed E-state index contributed by atoms with van der Waals surface area (Å²) in [4.78, 5) is 0. The maximum absolute atomic E-state index is 6.59. The molecule has 1 aliphatic rings. The van der Waals surface area contributed by atoms with Crippen molar-refractivity contribution in [3.63, 3.8) is 0 Å². The number of nitrogens with two attached hydrogens (primary N) is 1. The van der Waals surface area contributed by atoms with Crippen molar-refractivity contribution >= 4 is 34.6 Å². The van der Waals surface area contributed by atoms with Crippen LogP contribution in [0.1, 0.15) is 23.6 Å². The minimum absolute atomic E-state index is 0.175. The molecule has 142 valence electrons. The number of nitrogens with zero attached hydrogens (tertiary/aromatic N) is 2. The van der Waals surface area contributed by atoms with E-state index in [1.807, 2.05) is 36.4 Å². The van der Waals surface area contributed by atoms with Gasteiger partial charge in [-0.05, 0) is 53.7 Å². The van der Waals surface area contributed by atoms with Crippen LogP contribution >= 0.6 is 23.8 Å². The molecule has 0 fully saturated rings. The molecule has 0 saturated heterocycles. The van der Waals surface area contributed by atoms with Crippen molar-refractivity contribution in [2.45, 2.75) is 12.5 Å². The second-order valence-corrected chi connectivity index (χ2v) is 6.68. The Labute approximate surface area is 168 Å². The number of hydrazone groups is 1. The standard InChI is InChI=1S/C19H20ClN3O3S/c1-24-12-6-4-11(5-7-12)14-10-15(23(22-14)19(21)27)13-8-9-16(25-2)18(26-3)17(13)20/h4-9,15H,10H2,1-3H3,(H2,21,27). The largest absolute Gasteiger partial charge is 0.497 e. The van der Waals surface area contributed by atoms with Crippen LogP contribution in [0, 0.1) is 0 Å². The van der Waals surface area contributed by atoms with Gasteiger partial charge in [-0.3, -0.25) is 0 Å². The summed E-state index contributed by atoms with van der Waals surface area (Å²) in [6, 6.07) is 11.1. The number of benzene rings is 2. The molecule has 0 radical (unpaired) electrons. The van der Waals surface area contributed by atoms with Crippen molar-refractivity contribution in [2.24, 2.45) is 10.8 Å². The number of hydrogen-bond acceptors (Lipinski definition) is 5. The minimum atomic E-state index is -0.230. The van der Waals surface area contributed by atoms with Crippen molar-refractivity contribution in [3.8, 4) is 17.2 Å². The highest BCUT2D eigenvalue weighted by Gasteiger charge is 2.33. The topological polar surface area (TPSA) is 69.3 Å². The third kappa shape index (κ3) is 3.65. The Balaban J connectivity index is 1.98. The van der Waals surface area contributed by atoms with Gasteiger partial charge in [-0.15, -0.1) is 0 Å². The summed E-state index contributed by atoms with van der Waals surface area (Å²) in [5.41, 5.74) is 8.56. The minimum Gasteiger partial charge on any atom is -0.497 e. The van der Waals surface area contributed by atoms with Crippen LogP contribution < -0.4 is 19.9 Å². The fourth-order valence-corrected chi connectivity index (χ4v) is 3.60. The monoisotopic (exact) mass is 405 g/mol. The molecule has 6 nitrogen and oxygen atoms in total. The number of ether oxygens (including phenoxy) is 3. The first kappa shape index (κ1) is 19.3. The molecule has 0 amide bonds. The predicted octanol–water partition coefficient (Wildman–Crippen LogP) is 3.76. The normalized spacial score (nSPS) is 16.1. The quantitative estimate of drug-likeness (QED) is 0.764. The summed E-state index contributed by atoms with van der Waals surface area (Å²) < 4.78 is 15.9. The summed E-state index contributed by atoms with van der Waals surface area (Å²) in [7, 11) is 4.74. The van der Waals surface area contributed by atoms with Gasteiger partial charge in [0, 0.05) is 6.42 Å². The molecule has 2 aromatic rings. The van der Waals surface area contributed by atoms with Crippen molar-refractivity contribution in [2.75, 3.05) is 21.3 Å². The summed E-state index contributed by atoms with van der Waals surface area (Å²) in [6.07, 6.45) is 0.596. The van der Waals surface area contributed by atoms with Crippen LogP contribution in [0.5, 0.6) is 17.2 Å². The van der Waals surface area contributed by atoms with E-state index in [1.165, 1.54) is 0 Å². The van der Waals surface area contributed by atoms with Gasteiger partial charge in [-0.2, -0.15) is 5.10 Å².